The van der Waals surface area contributed by atoms with Crippen molar-refractivity contribution in [2.24, 2.45) is 0 Å². The van der Waals surface area contributed by atoms with E-state index in [-0.39, 0.29) is 6.10 Å². The first kappa shape index (κ1) is 16.9. The first-order valence-corrected chi connectivity index (χ1v) is 9.41. The molecular weight excluding hydrogens is 326 g/mol. The van der Waals surface area contributed by atoms with Gasteiger partial charge in [0.05, 0.1) is 11.4 Å². The van der Waals surface area contributed by atoms with Gasteiger partial charge in [-0.15, -0.1) is 0 Å². The van der Waals surface area contributed by atoms with E-state index in [2.05, 4.69) is 9.97 Å². The second-order valence-corrected chi connectivity index (χ2v) is 7.98. The van der Waals surface area contributed by atoms with Crippen LogP contribution in [0.5, 0.6) is 5.88 Å². The monoisotopic (exact) mass is 347 g/mol. The molecule has 0 aliphatic carbocycles. The molecule has 0 N–H and O–H groups in total. The summed E-state index contributed by atoms with van der Waals surface area (Å²) in [6, 6.07) is 6.93. The maximum atomic E-state index is 12.9. The minimum absolute atomic E-state index is 0.199. The molecule has 2 heterocycles. The Morgan fingerprint density at radius 2 is 2.04 bits per heavy atom. The second kappa shape index (κ2) is 6.86. The van der Waals surface area contributed by atoms with E-state index in [9.17, 15) is 8.42 Å². The topological polar surface area (TPSA) is 72.4 Å². The number of ether oxygens (including phenoxy) is 1. The molecule has 0 radical (unpaired) electrons. The van der Waals surface area contributed by atoms with E-state index in [1.807, 2.05) is 19.9 Å². The maximum absolute atomic E-state index is 12.9. The Kier molecular flexibility index (Phi) is 4.82. The van der Waals surface area contributed by atoms with Crippen molar-refractivity contribution in [3.05, 3.63) is 47.9 Å². The highest BCUT2D eigenvalue weighted by atomic mass is 32.2. The fraction of sp³-hybridized carbons (Fsp3) is 0.412. The molecule has 1 aliphatic heterocycles. The maximum Gasteiger partial charge on any atom is 0.243 e. The fourth-order valence-corrected chi connectivity index (χ4v) is 4.36. The quantitative estimate of drug-likeness (QED) is 0.849. The zero-order chi connectivity index (χ0) is 17.2. The smallest absolute Gasteiger partial charge is 0.243 e. The average Bonchev–Trinajstić information content (AvgIpc) is 2.58. The van der Waals surface area contributed by atoms with Crippen molar-refractivity contribution < 1.29 is 13.2 Å². The van der Waals surface area contributed by atoms with Gasteiger partial charge in [0.2, 0.25) is 15.9 Å². The van der Waals surface area contributed by atoms with Gasteiger partial charge in [0, 0.05) is 18.8 Å². The van der Waals surface area contributed by atoms with Crippen LogP contribution in [0.1, 0.15) is 24.0 Å². The SMILES string of the molecule is Cc1ccc(S(=O)(=O)N2CCC[C@@H](Oc3ccncn3)C2)cc1C. The molecule has 0 spiro atoms. The predicted molar refractivity (Wildman–Crippen MR) is 90.4 cm³/mol. The Bertz CT molecular complexity index is 809. The van der Waals surface area contributed by atoms with Gasteiger partial charge in [0.1, 0.15) is 12.4 Å². The number of rotatable bonds is 4. The highest BCUT2D eigenvalue weighted by Gasteiger charge is 2.31. The van der Waals surface area contributed by atoms with Crippen molar-refractivity contribution in [1.29, 1.82) is 0 Å². The summed E-state index contributed by atoms with van der Waals surface area (Å²) < 4.78 is 33.1. The van der Waals surface area contributed by atoms with Crippen LogP contribution in [-0.4, -0.2) is 41.9 Å². The molecule has 2 aromatic rings. The summed E-state index contributed by atoms with van der Waals surface area (Å²) in [5.41, 5.74) is 2.06. The van der Waals surface area contributed by atoms with Crippen molar-refractivity contribution in [1.82, 2.24) is 14.3 Å². The number of hydrogen-bond acceptors (Lipinski definition) is 5. The van der Waals surface area contributed by atoms with Gasteiger partial charge >= 0.3 is 0 Å². The first-order chi connectivity index (χ1) is 11.5. The summed E-state index contributed by atoms with van der Waals surface area (Å²) in [7, 11) is -3.51. The number of aromatic nitrogens is 2. The van der Waals surface area contributed by atoms with E-state index in [1.54, 1.807) is 24.4 Å². The Balaban J connectivity index is 1.77. The lowest BCUT2D eigenvalue weighted by Gasteiger charge is -2.31. The molecule has 0 unspecified atom stereocenters. The molecule has 24 heavy (non-hydrogen) atoms. The molecule has 1 aromatic heterocycles. The molecule has 1 aliphatic rings. The Hall–Kier alpha value is -1.99. The molecule has 0 bridgehead atoms. The van der Waals surface area contributed by atoms with Gasteiger partial charge in [-0.25, -0.2) is 18.4 Å². The lowest BCUT2D eigenvalue weighted by Crippen LogP contribution is -2.44. The lowest BCUT2D eigenvalue weighted by atomic mass is 10.1. The number of nitrogens with zero attached hydrogens (tertiary/aromatic N) is 3. The van der Waals surface area contributed by atoms with E-state index in [4.69, 9.17) is 4.74 Å². The molecule has 0 saturated carbocycles. The first-order valence-electron chi connectivity index (χ1n) is 7.97. The molecule has 1 fully saturated rings. The summed E-state index contributed by atoms with van der Waals surface area (Å²) in [6.45, 7) is 4.74. The van der Waals surface area contributed by atoms with Gasteiger partial charge in [-0.2, -0.15) is 4.31 Å². The Morgan fingerprint density at radius 1 is 1.21 bits per heavy atom. The average molecular weight is 347 g/mol. The van der Waals surface area contributed by atoms with Crippen molar-refractivity contribution >= 4 is 10.0 Å². The molecule has 1 aromatic carbocycles. The van der Waals surface area contributed by atoms with E-state index >= 15 is 0 Å². The zero-order valence-electron chi connectivity index (χ0n) is 13.8. The van der Waals surface area contributed by atoms with Crippen molar-refractivity contribution in [3.63, 3.8) is 0 Å². The van der Waals surface area contributed by atoms with E-state index in [1.165, 1.54) is 10.6 Å². The van der Waals surface area contributed by atoms with Crippen LogP contribution in [0.2, 0.25) is 0 Å². The van der Waals surface area contributed by atoms with Gasteiger partial charge in [-0.3, -0.25) is 0 Å². The van der Waals surface area contributed by atoms with Crippen LogP contribution in [0.15, 0.2) is 41.7 Å². The fourth-order valence-electron chi connectivity index (χ4n) is 2.76. The second-order valence-electron chi connectivity index (χ2n) is 6.04. The minimum Gasteiger partial charge on any atom is -0.473 e. The Morgan fingerprint density at radius 3 is 2.75 bits per heavy atom. The minimum atomic E-state index is -3.51. The molecule has 128 valence electrons. The summed E-state index contributed by atoms with van der Waals surface area (Å²) in [5.74, 6) is 0.473. The molecule has 7 heteroatoms. The van der Waals surface area contributed by atoms with Crippen molar-refractivity contribution in [3.8, 4) is 5.88 Å². The molecule has 1 saturated heterocycles. The van der Waals surface area contributed by atoms with Crippen LogP contribution in [0.3, 0.4) is 0 Å². The molecule has 3 rings (SSSR count). The number of hydrogen-bond donors (Lipinski definition) is 0. The predicted octanol–water partition coefficient (Wildman–Crippen LogP) is 2.33. The van der Waals surface area contributed by atoms with Gasteiger partial charge in [-0.1, -0.05) is 6.07 Å². The standard InChI is InChI=1S/C17H21N3O3S/c1-13-5-6-16(10-14(13)2)24(21,22)20-9-3-4-15(11-20)23-17-7-8-18-12-19-17/h5-8,10,12,15H,3-4,9,11H2,1-2H3/t15-/m1/s1. The van der Waals surface area contributed by atoms with E-state index in [0.717, 1.165) is 24.0 Å². The number of sulfonamides is 1. The molecular formula is C17H21N3O3S. The van der Waals surface area contributed by atoms with Crippen LogP contribution in [-0.2, 0) is 10.0 Å². The summed E-state index contributed by atoms with van der Waals surface area (Å²) in [4.78, 5) is 8.23. The largest absolute Gasteiger partial charge is 0.473 e. The van der Waals surface area contributed by atoms with Crippen LogP contribution in [0.25, 0.3) is 0 Å². The Labute approximate surface area is 142 Å². The molecule has 0 amide bonds. The van der Waals surface area contributed by atoms with Crippen LogP contribution in [0.4, 0.5) is 0 Å². The summed E-state index contributed by atoms with van der Waals surface area (Å²) in [6.07, 6.45) is 4.40. The van der Waals surface area contributed by atoms with Crippen LogP contribution in [0, 0.1) is 13.8 Å². The highest BCUT2D eigenvalue weighted by molar-refractivity contribution is 7.89. The summed E-state index contributed by atoms with van der Waals surface area (Å²) >= 11 is 0. The van der Waals surface area contributed by atoms with Crippen LogP contribution < -0.4 is 4.74 Å². The van der Waals surface area contributed by atoms with E-state index in [0.29, 0.717) is 23.9 Å². The van der Waals surface area contributed by atoms with Gasteiger partial charge in [0.25, 0.3) is 0 Å². The third-order valence-electron chi connectivity index (χ3n) is 4.30. The lowest BCUT2D eigenvalue weighted by molar-refractivity contribution is 0.124. The van der Waals surface area contributed by atoms with Crippen molar-refractivity contribution in [2.45, 2.75) is 37.7 Å². The molecule has 6 nitrogen and oxygen atoms in total. The summed E-state index contributed by atoms with van der Waals surface area (Å²) in [5, 5.41) is 0. The third-order valence-corrected chi connectivity index (χ3v) is 6.16. The van der Waals surface area contributed by atoms with Gasteiger partial charge < -0.3 is 4.74 Å². The van der Waals surface area contributed by atoms with Gasteiger partial charge in [-0.05, 0) is 49.9 Å². The van der Waals surface area contributed by atoms with Crippen LogP contribution >= 0.6 is 0 Å². The number of piperidine rings is 1. The highest BCUT2D eigenvalue weighted by Crippen LogP contribution is 2.24. The van der Waals surface area contributed by atoms with Gasteiger partial charge in [0.15, 0.2) is 0 Å². The number of benzene rings is 1. The third kappa shape index (κ3) is 3.57. The molecule has 1 atom stereocenters. The normalized spacial score (nSPS) is 19.2. The van der Waals surface area contributed by atoms with E-state index < -0.39 is 10.0 Å². The number of aryl methyl sites for hydroxylation is 2. The zero-order valence-corrected chi connectivity index (χ0v) is 14.7. The van der Waals surface area contributed by atoms with Crippen molar-refractivity contribution in [2.75, 3.05) is 13.1 Å².